The van der Waals surface area contributed by atoms with Crippen LogP contribution in [0, 0.1) is 19.4 Å². The molecule has 2 atom stereocenters. The number of nitrogens with two attached hydrogens (primary N) is 1. The average Bonchev–Trinajstić information content (AvgIpc) is 2.46. The minimum absolute atomic E-state index is 0.0555. The zero-order valence-electron chi connectivity index (χ0n) is 16.2. The predicted octanol–water partition coefficient (Wildman–Crippen LogP) is 5.25. The van der Waals surface area contributed by atoms with Gasteiger partial charge < -0.3 is 10.2 Å². The third-order valence-corrected chi connectivity index (χ3v) is 10.3. The molecule has 0 spiro atoms. The Morgan fingerprint density at radius 3 is 2.40 bits per heavy atom. The van der Waals surface area contributed by atoms with Crippen LogP contribution in [0.15, 0.2) is 12.1 Å². The summed E-state index contributed by atoms with van der Waals surface area (Å²) in [5.41, 5.74) is 7.84. The highest BCUT2D eigenvalue weighted by Gasteiger charge is 2.40. The molecule has 0 aliphatic carbocycles. The Balaban J connectivity index is 3.09. The summed E-state index contributed by atoms with van der Waals surface area (Å²) in [4.78, 5) is 15.5. The Hall–Kier alpha value is -1.35. The summed E-state index contributed by atoms with van der Waals surface area (Å²) in [5, 5.41) is 0.494. The van der Waals surface area contributed by atoms with Crippen molar-refractivity contribution >= 4 is 31.5 Å². The molecule has 1 rings (SSSR count). The summed E-state index contributed by atoms with van der Waals surface area (Å²) in [6.45, 7) is 21.7. The molecule has 0 saturated heterocycles. The van der Waals surface area contributed by atoms with Crippen LogP contribution in [0.5, 0.6) is 0 Å². The lowest BCUT2D eigenvalue weighted by atomic mass is 9.91. The molecule has 0 radical (unpaired) electrons. The summed E-state index contributed by atoms with van der Waals surface area (Å²) in [6.07, 6.45) is 0.173. The third-order valence-electron chi connectivity index (χ3n) is 5.26. The summed E-state index contributed by atoms with van der Waals surface area (Å²) in [5.74, 6) is -0.821. The number of halogens is 1. The van der Waals surface area contributed by atoms with Gasteiger partial charge in [0.15, 0.2) is 8.32 Å². The van der Waals surface area contributed by atoms with E-state index in [0.29, 0.717) is 17.1 Å². The van der Waals surface area contributed by atoms with Crippen LogP contribution >= 0.6 is 11.6 Å². The molecule has 0 unspecified atom stereocenters. The topological polar surface area (TPSA) is 56.7 Å². The molecule has 0 bridgehead atoms. The number of primary amides is 1. The van der Waals surface area contributed by atoms with Crippen LogP contribution in [0.2, 0.25) is 23.2 Å². The summed E-state index contributed by atoms with van der Waals surface area (Å²) in [6, 6.07) is 3.54. The van der Waals surface area contributed by atoms with Crippen LogP contribution < -0.4 is 5.73 Å². The normalized spacial score (nSPS) is 14.7. The standard InChI is InChI=1S/C19H29ClN2O2Si/c1-12-14(9-10-16(22-6)17(12)20)11-15(18(21)23)13(2)24-25(7,8)19(3,4)5/h9-10,13,15H,11H2,1-5,7-8H3,(H2,21,23)/t13-,15+/m0/s1. The lowest BCUT2D eigenvalue weighted by Crippen LogP contribution is -2.47. The van der Waals surface area contributed by atoms with Crippen molar-refractivity contribution in [2.24, 2.45) is 11.7 Å². The molecule has 0 saturated carbocycles. The fourth-order valence-corrected chi connectivity index (χ4v) is 4.15. The van der Waals surface area contributed by atoms with E-state index in [2.05, 4.69) is 38.7 Å². The number of benzene rings is 1. The Labute approximate surface area is 157 Å². The molecule has 0 aliphatic heterocycles. The molecule has 4 nitrogen and oxygen atoms in total. The van der Waals surface area contributed by atoms with Gasteiger partial charge in [0.25, 0.3) is 0 Å². The molecule has 1 aromatic rings. The minimum atomic E-state index is -2.01. The number of carbonyl (C=O) groups excluding carboxylic acids is 1. The first-order valence-corrected chi connectivity index (χ1v) is 11.7. The van der Waals surface area contributed by atoms with Crippen LogP contribution in [0.3, 0.4) is 0 Å². The smallest absolute Gasteiger partial charge is 0.223 e. The van der Waals surface area contributed by atoms with Crippen molar-refractivity contribution in [2.75, 3.05) is 0 Å². The quantitative estimate of drug-likeness (QED) is 0.541. The van der Waals surface area contributed by atoms with E-state index >= 15 is 0 Å². The lowest BCUT2D eigenvalue weighted by molar-refractivity contribution is -0.124. The fraction of sp³-hybridized carbons (Fsp3) is 0.579. The first-order valence-electron chi connectivity index (χ1n) is 8.44. The van der Waals surface area contributed by atoms with E-state index in [9.17, 15) is 4.79 Å². The SMILES string of the molecule is [C-]#[N+]c1ccc(C[C@@H](C(N)=O)[C@H](C)O[Si](C)(C)C(C)(C)C)c(C)c1Cl. The molecule has 1 aromatic carbocycles. The predicted molar refractivity (Wildman–Crippen MR) is 107 cm³/mol. The molecule has 0 aromatic heterocycles. The summed E-state index contributed by atoms with van der Waals surface area (Å²) in [7, 11) is -2.01. The van der Waals surface area contributed by atoms with Gasteiger partial charge in [0.05, 0.1) is 23.6 Å². The van der Waals surface area contributed by atoms with Gasteiger partial charge in [-0.3, -0.25) is 4.79 Å². The van der Waals surface area contributed by atoms with Gasteiger partial charge in [-0.15, -0.1) is 0 Å². The van der Waals surface area contributed by atoms with Crippen molar-refractivity contribution in [1.29, 1.82) is 0 Å². The van der Waals surface area contributed by atoms with Crippen LogP contribution in [0.1, 0.15) is 38.8 Å². The van der Waals surface area contributed by atoms with Crippen LogP contribution in [0.25, 0.3) is 4.85 Å². The Morgan fingerprint density at radius 2 is 1.96 bits per heavy atom. The second-order valence-corrected chi connectivity index (χ2v) is 13.2. The number of carbonyl (C=O) groups is 1. The maximum Gasteiger partial charge on any atom is 0.223 e. The van der Waals surface area contributed by atoms with Crippen molar-refractivity contribution in [3.05, 3.63) is 39.7 Å². The Morgan fingerprint density at radius 1 is 1.40 bits per heavy atom. The molecule has 138 valence electrons. The van der Waals surface area contributed by atoms with E-state index in [4.69, 9.17) is 28.3 Å². The Kier molecular flexibility index (Phi) is 6.86. The average molecular weight is 381 g/mol. The van der Waals surface area contributed by atoms with Gasteiger partial charge >= 0.3 is 0 Å². The van der Waals surface area contributed by atoms with Crippen molar-refractivity contribution in [3.63, 3.8) is 0 Å². The third kappa shape index (κ3) is 5.07. The first-order chi connectivity index (χ1) is 11.3. The van der Waals surface area contributed by atoms with Gasteiger partial charge in [-0.25, -0.2) is 4.85 Å². The van der Waals surface area contributed by atoms with Gasteiger partial charge in [-0.1, -0.05) is 44.5 Å². The van der Waals surface area contributed by atoms with E-state index in [1.807, 2.05) is 19.9 Å². The molecule has 0 heterocycles. The zero-order valence-corrected chi connectivity index (χ0v) is 18.0. The molecule has 0 aliphatic rings. The van der Waals surface area contributed by atoms with E-state index < -0.39 is 14.2 Å². The maximum atomic E-state index is 12.1. The molecule has 6 heteroatoms. The molecule has 25 heavy (non-hydrogen) atoms. The van der Waals surface area contributed by atoms with Crippen LogP contribution in [0.4, 0.5) is 5.69 Å². The van der Waals surface area contributed by atoms with Crippen LogP contribution in [-0.2, 0) is 15.6 Å². The zero-order chi connectivity index (χ0) is 19.6. The molecule has 0 fully saturated rings. The lowest BCUT2D eigenvalue weighted by Gasteiger charge is -2.40. The second-order valence-electron chi connectivity index (χ2n) is 8.09. The maximum absolute atomic E-state index is 12.1. The highest BCUT2D eigenvalue weighted by molar-refractivity contribution is 6.74. The molecular weight excluding hydrogens is 352 g/mol. The largest absolute Gasteiger partial charge is 0.413 e. The summed E-state index contributed by atoms with van der Waals surface area (Å²) >= 11 is 6.25. The minimum Gasteiger partial charge on any atom is -0.413 e. The van der Waals surface area contributed by atoms with E-state index in [0.717, 1.165) is 11.1 Å². The van der Waals surface area contributed by atoms with Gasteiger partial charge in [0, 0.05) is 0 Å². The number of hydrogen-bond acceptors (Lipinski definition) is 2. The molecule has 1 amide bonds. The highest BCUT2D eigenvalue weighted by atomic mass is 35.5. The monoisotopic (exact) mass is 380 g/mol. The van der Waals surface area contributed by atoms with Gasteiger partial charge in [-0.05, 0) is 49.5 Å². The van der Waals surface area contributed by atoms with E-state index in [1.165, 1.54) is 0 Å². The Bertz CT molecular complexity index is 690. The number of amides is 1. The number of hydrogen-bond donors (Lipinski definition) is 1. The molecule has 2 N–H and O–H groups in total. The highest BCUT2D eigenvalue weighted by Crippen LogP contribution is 2.38. The van der Waals surface area contributed by atoms with Gasteiger partial charge in [0.2, 0.25) is 11.6 Å². The summed E-state index contributed by atoms with van der Waals surface area (Å²) < 4.78 is 6.37. The van der Waals surface area contributed by atoms with Crippen molar-refractivity contribution in [2.45, 2.75) is 65.3 Å². The first kappa shape index (κ1) is 21.7. The number of rotatable bonds is 6. The van der Waals surface area contributed by atoms with Crippen molar-refractivity contribution in [1.82, 2.24) is 0 Å². The fourth-order valence-electron chi connectivity index (χ4n) is 2.48. The van der Waals surface area contributed by atoms with Crippen molar-refractivity contribution in [3.8, 4) is 0 Å². The van der Waals surface area contributed by atoms with E-state index in [1.54, 1.807) is 6.07 Å². The van der Waals surface area contributed by atoms with Gasteiger partial charge in [-0.2, -0.15) is 0 Å². The number of nitrogens with zero attached hydrogens (tertiary/aromatic N) is 1. The molecular formula is C19H29ClN2O2Si. The van der Waals surface area contributed by atoms with Crippen molar-refractivity contribution < 1.29 is 9.22 Å². The second kappa shape index (κ2) is 7.90. The van der Waals surface area contributed by atoms with Gasteiger partial charge in [0.1, 0.15) is 0 Å². The van der Waals surface area contributed by atoms with Crippen LogP contribution in [-0.4, -0.2) is 20.3 Å². The van der Waals surface area contributed by atoms with E-state index in [-0.39, 0.29) is 17.0 Å².